The Morgan fingerprint density at radius 1 is 1.14 bits per heavy atom. The molecular weight excluding hydrogens is 302 g/mol. The van der Waals surface area contributed by atoms with Gasteiger partial charge in [-0.1, -0.05) is 0 Å². The first-order chi connectivity index (χ1) is 9.88. The van der Waals surface area contributed by atoms with Gasteiger partial charge in [0.2, 0.25) is 0 Å². The first-order valence-electron chi connectivity index (χ1n) is 5.74. The van der Waals surface area contributed by atoms with Crippen LogP contribution in [0.15, 0.2) is 41.3 Å². The van der Waals surface area contributed by atoms with Crippen LogP contribution in [-0.2, 0) is 16.6 Å². The highest BCUT2D eigenvalue weighted by atomic mass is 32.2. The van der Waals surface area contributed by atoms with Crippen LogP contribution in [0.4, 0.5) is 20.2 Å². The van der Waals surface area contributed by atoms with Crippen LogP contribution in [0.25, 0.3) is 0 Å². The number of benzene rings is 2. The predicted molar refractivity (Wildman–Crippen MR) is 74.0 cm³/mol. The summed E-state index contributed by atoms with van der Waals surface area (Å²) >= 11 is 0. The average Bonchev–Trinajstić information content (AvgIpc) is 2.37. The molecule has 0 aliphatic carbocycles. The molecule has 21 heavy (non-hydrogen) atoms. The van der Waals surface area contributed by atoms with Crippen molar-refractivity contribution in [1.29, 1.82) is 0 Å². The normalized spacial score (nSPS) is 12.1. The van der Waals surface area contributed by atoms with Crippen LogP contribution in [0, 0.1) is 21.7 Å². The van der Waals surface area contributed by atoms with Crippen LogP contribution in [0.3, 0.4) is 0 Å². The third kappa shape index (κ3) is 3.40. The van der Waals surface area contributed by atoms with Gasteiger partial charge >= 0.3 is 0 Å². The molecule has 0 saturated carbocycles. The van der Waals surface area contributed by atoms with Crippen LogP contribution in [0.5, 0.6) is 0 Å². The number of nitrogen functional groups attached to an aromatic ring is 1. The van der Waals surface area contributed by atoms with Gasteiger partial charge in [-0.25, -0.2) is 8.78 Å². The number of anilines is 1. The molecular formula is C13H10F2N2O3S. The van der Waals surface area contributed by atoms with E-state index in [9.17, 15) is 23.1 Å². The van der Waals surface area contributed by atoms with Gasteiger partial charge in [0.25, 0.3) is 5.69 Å². The number of nitrogens with two attached hydrogens (primary N) is 1. The number of nitro benzene ring substituents is 1. The summed E-state index contributed by atoms with van der Waals surface area (Å²) in [7, 11) is -1.75. The SMILES string of the molecule is Nc1cc(F)ccc1S(=O)Cc1cc(F)ccc1[N+](=O)[O-]. The first-order valence-corrected chi connectivity index (χ1v) is 7.06. The Bertz CT molecular complexity index is 737. The zero-order valence-electron chi connectivity index (χ0n) is 10.6. The van der Waals surface area contributed by atoms with Crippen LogP contribution in [0.2, 0.25) is 0 Å². The fourth-order valence-electron chi connectivity index (χ4n) is 1.79. The van der Waals surface area contributed by atoms with Crippen LogP contribution >= 0.6 is 0 Å². The molecule has 0 heterocycles. The van der Waals surface area contributed by atoms with Gasteiger partial charge < -0.3 is 5.73 Å². The van der Waals surface area contributed by atoms with Gasteiger partial charge in [-0.2, -0.15) is 0 Å². The van der Waals surface area contributed by atoms with Crippen LogP contribution in [0.1, 0.15) is 5.56 Å². The molecule has 0 aromatic heterocycles. The smallest absolute Gasteiger partial charge is 0.273 e. The van der Waals surface area contributed by atoms with E-state index in [1.165, 1.54) is 6.07 Å². The molecule has 110 valence electrons. The molecule has 0 amide bonds. The number of hydrogen-bond donors (Lipinski definition) is 1. The second kappa shape index (κ2) is 5.96. The highest BCUT2D eigenvalue weighted by molar-refractivity contribution is 7.84. The summed E-state index contributed by atoms with van der Waals surface area (Å²) < 4.78 is 38.3. The molecule has 2 aromatic carbocycles. The molecule has 1 atom stereocenters. The molecule has 0 saturated heterocycles. The molecule has 2 rings (SSSR count). The zero-order chi connectivity index (χ0) is 15.6. The molecule has 0 aliphatic heterocycles. The van der Waals surface area contributed by atoms with Gasteiger partial charge in [-0.3, -0.25) is 14.3 Å². The number of nitro groups is 1. The average molecular weight is 312 g/mol. The molecule has 2 aromatic rings. The minimum Gasteiger partial charge on any atom is -0.398 e. The summed E-state index contributed by atoms with van der Waals surface area (Å²) in [6.45, 7) is 0. The van der Waals surface area contributed by atoms with Crippen LogP contribution in [-0.4, -0.2) is 9.13 Å². The molecule has 8 heteroatoms. The predicted octanol–water partition coefficient (Wildman–Crippen LogP) is 2.76. The summed E-state index contributed by atoms with van der Waals surface area (Å²) in [5.41, 5.74) is 5.20. The number of rotatable bonds is 4. The maximum Gasteiger partial charge on any atom is 0.273 e. The Kier molecular flexibility index (Phi) is 4.27. The maximum atomic E-state index is 13.2. The van der Waals surface area contributed by atoms with E-state index in [2.05, 4.69) is 0 Å². The van der Waals surface area contributed by atoms with Crippen molar-refractivity contribution >= 4 is 22.2 Å². The second-order valence-electron chi connectivity index (χ2n) is 4.20. The van der Waals surface area contributed by atoms with Crippen molar-refractivity contribution in [2.75, 3.05) is 5.73 Å². The van der Waals surface area contributed by atoms with E-state index in [1.807, 2.05) is 0 Å². The van der Waals surface area contributed by atoms with Crippen molar-refractivity contribution < 1.29 is 17.9 Å². The van der Waals surface area contributed by atoms with Gasteiger partial charge in [0.15, 0.2) is 0 Å². The number of nitrogens with zero attached hydrogens (tertiary/aromatic N) is 1. The van der Waals surface area contributed by atoms with Gasteiger partial charge in [0.05, 0.1) is 32.1 Å². The fraction of sp³-hybridized carbons (Fsp3) is 0.0769. The van der Waals surface area contributed by atoms with E-state index in [4.69, 9.17) is 5.73 Å². The molecule has 0 fully saturated rings. The second-order valence-corrected chi connectivity index (χ2v) is 5.62. The molecule has 0 radical (unpaired) electrons. The van der Waals surface area contributed by atoms with Crippen molar-refractivity contribution in [3.05, 3.63) is 63.7 Å². The van der Waals surface area contributed by atoms with Crippen molar-refractivity contribution in [3.63, 3.8) is 0 Å². The minimum atomic E-state index is -1.75. The van der Waals surface area contributed by atoms with Gasteiger partial charge in [0, 0.05) is 11.6 Å². The molecule has 5 nitrogen and oxygen atoms in total. The van der Waals surface area contributed by atoms with E-state index in [0.29, 0.717) is 0 Å². The highest BCUT2D eigenvalue weighted by Gasteiger charge is 2.18. The summed E-state index contributed by atoms with van der Waals surface area (Å²) in [6, 6.07) is 6.26. The molecule has 1 unspecified atom stereocenters. The number of halogens is 2. The fourth-order valence-corrected chi connectivity index (χ4v) is 3.00. The van der Waals surface area contributed by atoms with Gasteiger partial charge in [0.1, 0.15) is 11.6 Å². The lowest BCUT2D eigenvalue weighted by Gasteiger charge is -2.07. The third-order valence-electron chi connectivity index (χ3n) is 2.74. The van der Waals surface area contributed by atoms with E-state index in [1.54, 1.807) is 0 Å². The largest absolute Gasteiger partial charge is 0.398 e. The topological polar surface area (TPSA) is 86.2 Å². The number of hydrogen-bond acceptors (Lipinski definition) is 4. The summed E-state index contributed by atoms with van der Waals surface area (Å²) in [4.78, 5) is 10.3. The van der Waals surface area contributed by atoms with Gasteiger partial charge in [-0.05, 0) is 30.3 Å². The first kappa shape index (κ1) is 15.0. The van der Waals surface area contributed by atoms with Crippen molar-refractivity contribution in [2.24, 2.45) is 0 Å². The van der Waals surface area contributed by atoms with E-state index >= 15 is 0 Å². The Labute approximate surface area is 121 Å². The Hall–Kier alpha value is -2.35. The summed E-state index contributed by atoms with van der Waals surface area (Å²) in [6.07, 6.45) is 0. The molecule has 0 aliphatic rings. The lowest BCUT2D eigenvalue weighted by Crippen LogP contribution is -2.04. The van der Waals surface area contributed by atoms with Crippen LogP contribution < -0.4 is 5.73 Å². The monoisotopic (exact) mass is 312 g/mol. The lowest BCUT2D eigenvalue weighted by molar-refractivity contribution is -0.385. The maximum absolute atomic E-state index is 13.2. The van der Waals surface area contributed by atoms with E-state index < -0.39 is 27.4 Å². The Morgan fingerprint density at radius 2 is 1.76 bits per heavy atom. The zero-order valence-corrected chi connectivity index (χ0v) is 11.4. The summed E-state index contributed by atoms with van der Waals surface area (Å²) in [5, 5.41) is 10.9. The Morgan fingerprint density at radius 3 is 2.38 bits per heavy atom. The standard InChI is InChI=1S/C13H10F2N2O3S/c14-9-1-3-12(17(18)19)8(5-9)7-21(20)13-4-2-10(15)6-11(13)16/h1-6H,7,16H2. The van der Waals surface area contributed by atoms with E-state index in [-0.39, 0.29) is 27.6 Å². The molecule has 0 spiro atoms. The molecule has 0 bridgehead atoms. The van der Waals surface area contributed by atoms with Gasteiger partial charge in [-0.15, -0.1) is 0 Å². The molecule has 2 N–H and O–H groups in total. The third-order valence-corrected chi connectivity index (χ3v) is 4.18. The minimum absolute atomic E-state index is 0.0120. The van der Waals surface area contributed by atoms with E-state index in [0.717, 1.165) is 30.3 Å². The van der Waals surface area contributed by atoms with Crippen molar-refractivity contribution in [3.8, 4) is 0 Å². The lowest BCUT2D eigenvalue weighted by atomic mass is 10.2. The quantitative estimate of drug-likeness (QED) is 0.534. The van der Waals surface area contributed by atoms with Crippen molar-refractivity contribution in [2.45, 2.75) is 10.6 Å². The van der Waals surface area contributed by atoms with Crippen molar-refractivity contribution in [1.82, 2.24) is 0 Å². The Balaban J connectivity index is 2.35. The summed E-state index contributed by atoms with van der Waals surface area (Å²) in [5.74, 6) is -1.53. The highest BCUT2D eigenvalue weighted by Crippen LogP contribution is 2.25.